The van der Waals surface area contributed by atoms with Gasteiger partial charge in [0.05, 0.1) is 12.5 Å². The van der Waals surface area contributed by atoms with Gasteiger partial charge in [-0.15, -0.1) is 0 Å². The Balaban J connectivity index is 2.40. The molecule has 0 aromatic carbocycles. The van der Waals surface area contributed by atoms with E-state index in [-0.39, 0.29) is 17.6 Å². The number of carbonyl (C=O) groups is 1. The number of nitrogens with zero attached hydrogens (tertiary/aromatic N) is 1. The second kappa shape index (κ2) is 3.88. The molecule has 0 amide bonds. The summed E-state index contributed by atoms with van der Waals surface area (Å²) >= 11 is 0. The summed E-state index contributed by atoms with van der Waals surface area (Å²) in [6.45, 7) is 0. The maximum Gasteiger partial charge on any atom is 0.303 e. The van der Waals surface area contributed by atoms with Crippen LogP contribution in [0.5, 0.6) is 0 Å². The van der Waals surface area contributed by atoms with E-state index in [9.17, 15) is 9.00 Å². The third-order valence-corrected chi connectivity index (χ3v) is 3.56. The monoisotopic (exact) mass is 201 g/mol. The summed E-state index contributed by atoms with van der Waals surface area (Å²) in [6, 6.07) is 1.82. The Labute approximate surface area is 79.0 Å². The van der Waals surface area contributed by atoms with Crippen LogP contribution in [0.3, 0.4) is 0 Å². The van der Waals surface area contributed by atoms with Crippen molar-refractivity contribution in [2.45, 2.75) is 19.3 Å². The zero-order chi connectivity index (χ0) is 9.90. The third-order valence-electron chi connectivity index (χ3n) is 2.18. The molecule has 0 aromatic heterocycles. The van der Waals surface area contributed by atoms with Crippen LogP contribution in [0, 0.1) is 16.7 Å². The van der Waals surface area contributed by atoms with Crippen LogP contribution in [0.4, 0.5) is 0 Å². The molecule has 1 aliphatic rings. The Morgan fingerprint density at radius 3 is 2.62 bits per heavy atom. The van der Waals surface area contributed by atoms with Crippen LogP contribution < -0.4 is 0 Å². The maximum atomic E-state index is 11.2. The molecule has 1 fully saturated rings. The Morgan fingerprint density at radius 2 is 2.23 bits per heavy atom. The van der Waals surface area contributed by atoms with E-state index >= 15 is 0 Å². The van der Waals surface area contributed by atoms with Crippen LogP contribution in [-0.4, -0.2) is 26.8 Å². The summed E-state index contributed by atoms with van der Waals surface area (Å²) in [4.78, 5) is 10.4. The molecular formula is C8H11NO3S. The first kappa shape index (κ1) is 10.2. The van der Waals surface area contributed by atoms with Crippen molar-refractivity contribution in [3.05, 3.63) is 0 Å². The van der Waals surface area contributed by atoms with Gasteiger partial charge in [-0.25, -0.2) is 0 Å². The van der Waals surface area contributed by atoms with Crippen LogP contribution in [0.1, 0.15) is 19.3 Å². The average molecular weight is 201 g/mol. The molecule has 0 aliphatic heterocycles. The highest BCUT2D eigenvalue weighted by Crippen LogP contribution is 2.49. The summed E-state index contributed by atoms with van der Waals surface area (Å²) < 4.78 is 11.2. The number of nitriles is 1. The molecule has 0 heterocycles. The molecular weight excluding hydrogens is 190 g/mol. The van der Waals surface area contributed by atoms with Gasteiger partial charge in [-0.3, -0.25) is 9.00 Å². The molecule has 5 heteroatoms. The fourth-order valence-electron chi connectivity index (χ4n) is 1.33. The highest BCUT2D eigenvalue weighted by Gasteiger charge is 2.45. The zero-order valence-electron chi connectivity index (χ0n) is 7.15. The normalized spacial score (nSPS) is 20.2. The van der Waals surface area contributed by atoms with Crippen molar-refractivity contribution in [2.24, 2.45) is 5.41 Å². The predicted octanol–water partition coefficient (Wildman–Crippen LogP) is 0.514. The molecule has 0 bridgehead atoms. The predicted molar refractivity (Wildman–Crippen MR) is 47.4 cm³/mol. The lowest BCUT2D eigenvalue weighted by Gasteiger charge is -2.09. The second-order valence-corrected chi connectivity index (χ2v) is 4.91. The topological polar surface area (TPSA) is 78.2 Å². The molecule has 0 radical (unpaired) electrons. The Morgan fingerprint density at radius 1 is 1.62 bits per heavy atom. The van der Waals surface area contributed by atoms with Gasteiger partial charge in [-0.2, -0.15) is 5.26 Å². The van der Waals surface area contributed by atoms with Gasteiger partial charge in [-0.1, -0.05) is 0 Å². The first-order chi connectivity index (χ1) is 6.08. The molecule has 1 atom stereocenters. The third kappa shape index (κ3) is 3.15. The van der Waals surface area contributed by atoms with Crippen molar-refractivity contribution in [1.82, 2.24) is 0 Å². The van der Waals surface area contributed by atoms with Gasteiger partial charge in [0, 0.05) is 16.6 Å². The summed E-state index contributed by atoms with van der Waals surface area (Å²) in [5.74, 6) is -0.458. The van der Waals surface area contributed by atoms with Crippen LogP contribution in [0.15, 0.2) is 0 Å². The molecule has 1 saturated carbocycles. The number of hydrogen-bond acceptors (Lipinski definition) is 3. The fraction of sp³-hybridized carbons (Fsp3) is 0.750. The number of hydrogen-bond donors (Lipinski definition) is 1. The molecule has 13 heavy (non-hydrogen) atoms. The fourth-order valence-corrected chi connectivity index (χ4v) is 2.65. The minimum absolute atomic E-state index is 0.0152. The maximum absolute atomic E-state index is 11.2. The lowest BCUT2D eigenvalue weighted by molar-refractivity contribution is -0.138. The van der Waals surface area contributed by atoms with E-state index in [1.54, 1.807) is 0 Å². The van der Waals surface area contributed by atoms with Gasteiger partial charge >= 0.3 is 5.97 Å². The van der Waals surface area contributed by atoms with Gasteiger partial charge in [0.15, 0.2) is 0 Å². The molecule has 72 valence electrons. The van der Waals surface area contributed by atoms with Gasteiger partial charge in [0.25, 0.3) is 0 Å². The van der Waals surface area contributed by atoms with E-state index in [1.807, 2.05) is 6.07 Å². The van der Waals surface area contributed by atoms with Crippen molar-refractivity contribution in [2.75, 3.05) is 11.5 Å². The Bertz CT molecular complexity index is 278. The van der Waals surface area contributed by atoms with Crippen LogP contribution in [-0.2, 0) is 15.6 Å². The van der Waals surface area contributed by atoms with Gasteiger partial charge in [0.2, 0.25) is 0 Å². The number of carboxylic acid groups (broad SMARTS) is 1. The van der Waals surface area contributed by atoms with E-state index < -0.39 is 16.8 Å². The van der Waals surface area contributed by atoms with Crippen molar-refractivity contribution in [3.8, 4) is 6.07 Å². The van der Waals surface area contributed by atoms with Gasteiger partial charge < -0.3 is 5.11 Å². The molecule has 1 unspecified atom stereocenters. The number of aliphatic carboxylic acids is 1. The van der Waals surface area contributed by atoms with E-state index in [4.69, 9.17) is 10.4 Å². The lowest BCUT2D eigenvalue weighted by Crippen LogP contribution is -2.17. The minimum Gasteiger partial charge on any atom is -0.481 e. The lowest BCUT2D eigenvalue weighted by atomic mass is 10.1. The van der Waals surface area contributed by atoms with Crippen molar-refractivity contribution in [1.29, 1.82) is 5.26 Å². The van der Waals surface area contributed by atoms with E-state index in [0.717, 1.165) is 12.8 Å². The zero-order valence-corrected chi connectivity index (χ0v) is 7.97. The molecule has 0 saturated heterocycles. The van der Waals surface area contributed by atoms with Gasteiger partial charge in [-0.05, 0) is 18.3 Å². The van der Waals surface area contributed by atoms with Crippen molar-refractivity contribution < 1.29 is 14.1 Å². The minimum atomic E-state index is -1.17. The first-order valence-electron chi connectivity index (χ1n) is 4.02. The van der Waals surface area contributed by atoms with E-state index in [1.165, 1.54) is 0 Å². The van der Waals surface area contributed by atoms with E-state index in [2.05, 4.69) is 0 Å². The number of rotatable bonds is 5. The molecule has 1 rings (SSSR count). The van der Waals surface area contributed by atoms with Gasteiger partial charge in [0.1, 0.15) is 5.75 Å². The van der Waals surface area contributed by atoms with E-state index in [0.29, 0.717) is 5.75 Å². The second-order valence-electron chi connectivity index (χ2n) is 3.46. The average Bonchev–Trinajstić information content (AvgIpc) is 2.67. The number of carboxylic acids is 1. The highest BCUT2D eigenvalue weighted by molar-refractivity contribution is 7.85. The largest absolute Gasteiger partial charge is 0.481 e. The van der Waals surface area contributed by atoms with Crippen LogP contribution in [0.25, 0.3) is 0 Å². The highest BCUT2D eigenvalue weighted by atomic mass is 32.2. The SMILES string of the molecule is N#CCS(=O)CC1(CC(=O)O)CC1. The molecule has 0 aromatic rings. The Hall–Kier alpha value is -0.890. The summed E-state index contributed by atoms with van der Waals surface area (Å²) in [5.41, 5.74) is -0.256. The summed E-state index contributed by atoms with van der Waals surface area (Å²) in [6.07, 6.45) is 1.75. The molecule has 0 spiro atoms. The molecule has 1 N–H and O–H groups in total. The van der Waals surface area contributed by atoms with Crippen molar-refractivity contribution in [3.63, 3.8) is 0 Å². The summed E-state index contributed by atoms with van der Waals surface area (Å²) in [7, 11) is -1.17. The van der Waals surface area contributed by atoms with Crippen molar-refractivity contribution >= 4 is 16.8 Å². The van der Waals surface area contributed by atoms with Crippen LogP contribution in [0.2, 0.25) is 0 Å². The smallest absolute Gasteiger partial charge is 0.303 e. The first-order valence-corrected chi connectivity index (χ1v) is 5.50. The standard InChI is InChI=1S/C8H11NO3S/c9-3-4-13(12)6-8(1-2-8)5-7(10)11/h1-2,4-6H2,(H,10,11). The Kier molecular flexibility index (Phi) is 3.04. The molecule has 4 nitrogen and oxygen atoms in total. The van der Waals surface area contributed by atoms with Crippen LogP contribution >= 0.6 is 0 Å². The summed E-state index contributed by atoms with van der Waals surface area (Å²) in [5, 5.41) is 16.8. The molecule has 1 aliphatic carbocycles. The quantitative estimate of drug-likeness (QED) is 0.703.